The van der Waals surface area contributed by atoms with Gasteiger partial charge in [0.05, 0.1) is 18.1 Å². The molecule has 1 aromatic carbocycles. The molecule has 2 rings (SSSR count). The Kier molecular flexibility index (Phi) is 5.41. The number of carbonyl (C=O) groups is 1. The molecule has 1 aliphatic heterocycles. The lowest BCUT2D eigenvalue weighted by Crippen LogP contribution is -2.49. The Hall–Kier alpha value is -2.31. The molecule has 0 saturated carbocycles. The molecule has 0 aliphatic carbocycles. The van der Waals surface area contributed by atoms with Gasteiger partial charge in [-0.2, -0.15) is 0 Å². The van der Waals surface area contributed by atoms with Gasteiger partial charge < -0.3 is 14.4 Å². The predicted octanol–water partition coefficient (Wildman–Crippen LogP) is 2.77. The Morgan fingerprint density at radius 3 is 2.57 bits per heavy atom. The number of amides is 1. The van der Waals surface area contributed by atoms with Crippen LogP contribution in [0.4, 0.5) is 5.69 Å². The summed E-state index contributed by atoms with van der Waals surface area (Å²) in [5.41, 5.74) is -0.211. The van der Waals surface area contributed by atoms with Crippen LogP contribution < -0.4 is 9.47 Å². The third-order valence-corrected chi connectivity index (χ3v) is 4.20. The van der Waals surface area contributed by atoms with Crippen molar-refractivity contribution in [3.05, 3.63) is 28.3 Å². The summed E-state index contributed by atoms with van der Waals surface area (Å²) in [7, 11) is 1.43. The standard InChI is InChI=1S/C16H22N2O5/c1-11-5-4-6-12(2)17(11)16(19)10-23-15-8-7-13(22-3)9-14(15)18(20)21/h7-9,11-12H,4-6,10H2,1-3H3/t11-,12+. The highest BCUT2D eigenvalue weighted by Gasteiger charge is 2.29. The van der Waals surface area contributed by atoms with Crippen molar-refractivity contribution in [1.29, 1.82) is 0 Å². The van der Waals surface area contributed by atoms with Crippen molar-refractivity contribution in [3.8, 4) is 11.5 Å². The first-order chi connectivity index (χ1) is 10.9. The maximum absolute atomic E-state index is 12.4. The number of benzene rings is 1. The summed E-state index contributed by atoms with van der Waals surface area (Å²) < 4.78 is 10.4. The van der Waals surface area contributed by atoms with Crippen molar-refractivity contribution >= 4 is 11.6 Å². The number of nitrogens with zero attached hydrogens (tertiary/aromatic N) is 2. The van der Waals surface area contributed by atoms with Gasteiger partial charge in [0.1, 0.15) is 5.75 Å². The van der Waals surface area contributed by atoms with Gasteiger partial charge in [-0.05, 0) is 45.2 Å². The van der Waals surface area contributed by atoms with Gasteiger partial charge in [0.25, 0.3) is 5.91 Å². The zero-order valence-electron chi connectivity index (χ0n) is 13.7. The second-order valence-corrected chi connectivity index (χ2v) is 5.81. The van der Waals surface area contributed by atoms with E-state index >= 15 is 0 Å². The fraction of sp³-hybridized carbons (Fsp3) is 0.562. The fourth-order valence-electron chi connectivity index (χ4n) is 3.02. The number of carbonyl (C=O) groups excluding carboxylic acids is 1. The average Bonchev–Trinajstić information content (AvgIpc) is 2.52. The minimum Gasteiger partial charge on any atom is -0.496 e. The molecule has 1 heterocycles. The highest BCUT2D eigenvalue weighted by Crippen LogP contribution is 2.31. The number of hydrogen-bond acceptors (Lipinski definition) is 5. The van der Waals surface area contributed by atoms with Gasteiger partial charge in [-0.3, -0.25) is 14.9 Å². The average molecular weight is 322 g/mol. The van der Waals surface area contributed by atoms with Crippen LogP contribution in [0.1, 0.15) is 33.1 Å². The van der Waals surface area contributed by atoms with E-state index < -0.39 is 4.92 Å². The molecule has 1 amide bonds. The lowest BCUT2D eigenvalue weighted by atomic mass is 9.97. The van der Waals surface area contributed by atoms with Crippen molar-refractivity contribution in [2.75, 3.05) is 13.7 Å². The molecule has 1 fully saturated rings. The number of nitro groups is 1. The van der Waals surface area contributed by atoms with Gasteiger partial charge in [0.15, 0.2) is 12.4 Å². The third-order valence-electron chi connectivity index (χ3n) is 4.20. The van der Waals surface area contributed by atoms with E-state index in [4.69, 9.17) is 9.47 Å². The number of hydrogen-bond donors (Lipinski definition) is 0. The molecule has 0 radical (unpaired) electrons. The summed E-state index contributed by atoms with van der Waals surface area (Å²) in [4.78, 5) is 24.8. The van der Waals surface area contributed by atoms with E-state index in [0.717, 1.165) is 19.3 Å². The van der Waals surface area contributed by atoms with Crippen LogP contribution in [-0.2, 0) is 4.79 Å². The first-order valence-electron chi connectivity index (χ1n) is 7.70. The first kappa shape index (κ1) is 17.1. The summed E-state index contributed by atoms with van der Waals surface area (Å²) in [6.07, 6.45) is 3.05. The van der Waals surface area contributed by atoms with Crippen LogP contribution in [0.5, 0.6) is 11.5 Å². The van der Waals surface area contributed by atoms with E-state index in [0.29, 0.717) is 5.75 Å². The molecule has 23 heavy (non-hydrogen) atoms. The number of piperidine rings is 1. The van der Waals surface area contributed by atoms with Crippen molar-refractivity contribution in [2.24, 2.45) is 0 Å². The van der Waals surface area contributed by atoms with Gasteiger partial charge in [-0.1, -0.05) is 0 Å². The third kappa shape index (κ3) is 3.91. The molecule has 0 unspecified atom stereocenters. The van der Waals surface area contributed by atoms with Crippen molar-refractivity contribution < 1.29 is 19.2 Å². The molecular formula is C16H22N2O5. The summed E-state index contributed by atoms with van der Waals surface area (Å²) in [5, 5.41) is 11.1. The van der Waals surface area contributed by atoms with Crippen LogP contribution in [0.15, 0.2) is 18.2 Å². The van der Waals surface area contributed by atoms with Crippen LogP contribution in [0.3, 0.4) is 0 Å². The highest BCUT2D eigenvalue weighted by molar-refractivity contribution is 5.78. The monoisotopic (exact) mass is 322 g/mol. The van der Waals surface area contributed by atoms with E-state index in [1.54, 1.807) is 6.07 Å². The smallest absolute Gasteiger partial charge is 0.314 e. The second kappa shape index (κ2) is 7.30. The van der Waals surface area contributed by atoms with Gasteiger partial charge in [-0.15, -0.1) is 0 Å². The quantitative estimate of drug-likeness (QED) is 0.615. The predicted molar refractivity (Wildman–Crippen MR) is 84.8 cm³/mol. The maximum atomic E-state index is 12.4. The second-order valence-electron chi connectivity index (χ2n) is 5.81. The van der Waals surface area contributed by atoms with Crippen LogP contribution in [0, 0.1) is 10.1 Å². The lowest BCUT2D eigenvalue weighted by Gasteiger charge is -2.38. The number of likely N-dealkylation sites (tertiary alicyclic amines) is 1. The van der Waals surface area contributed by atoms with E-state index in [-0.39, 0.29) is 36.0 Å². The molecule has 1 saturated heterocycles. The Morgan fingerprint density at radius 2 is 2.00 bits per heavy atom. The zero-order chi connectivity index (χ0) is 17.0. The topological polar surface area (TPSA) is 81.9 Å². The minimum absolute atomic E-state index is 0.0708. The molecular weight excluding hydrogens is 300 g/mol. The molecule has 0 bridgehead atoms. The van der Waals surface area contributed by atoms with Gasteiger partial charge in [-0.25, -0.2) is 0 Å². The molecule has 2 atom stereocenters. The Bertz CT molecular complexity index is 580. The first-order valence-corrected chi connectivity index (χ1v) is 7.70. The Balaban J connectivity index is 2.08. The molecule has 0 aromatic heterocycles. The van der Waals surface area contributed by atoms with Crippen LogP contribution in [0.25, 0.3) is 0 Å². The number of methoxy groups -OCH3 is 1. The largest absolute Gasteiger partial charge is 0.496 e. The number of nitro benzene ring substituents is 1. The van der Waals surface area contributed by atoms with Crippen LogP contribution >= 0.6 is 0 Å². The van der Waals surface area contributed by atoms with Crippen molar-refractivity contribution in [3.63, 3.8) is 0 Å². The molecule has 1 aromatic rings. The summed E-state index contributed by atoms with van der Waals surface area (Å²) in [5.74, 6) is 0.296. The molecule has 0 spiro atoms. The Morgan fingerprint density at radius 1 is 1.35 bits per heavy atom. The van der Waals surface area contributed by atoms with E-state index in [1.165, 1.54) is 19.2 Å². The van der Waals surface area contributed by atoms with E-state index in [9.17, 15) is 14.9 Å². The van der Waals surface area contributed by atoms with Gasteiger partial charge in [0.2, 0.25) is 0 Å². The minimum atomic E-state index is -0.547. The summed E-state index contributed by atoms with van der Waals surface area (Å²) in [6.45, 7) is 3.83. The van der Waals surface area contributed by atoms with Crippen LogP contribution in [0.2, 0.25) is 0 Å². The van der Waals surface area contributed by atoms with Gasteiger partial charge in [0, 0.05) is 12.1 Å². The number of rotatable bonds is 5. The highest BCUT2D eigenvalue weighted by atomic mass is 16.6. The molecule has 0 N–H and O–H groups in total. The van der Waals surface area contributed by atoms with Crippen molar-refractivity contribution in [2.45, 2.75) is 45.2 Å². The van der Waals surface area contributed by atoms with E-state index in [2.05, 4.69) is 0 Å². The molecule has 7 heteroatoms. The van der Waals surface area contributed by atoms with Crippen LogP contribution in [-0.4, -0.2) is 41.5 Å². The fourth-order valence-corrected chi connectivity index (χ4v) is 3.02. The molecule has 1 aliphatic rings. The molecule has 126 valence electrons. The summed E-state index contributed by atoms with van der Waals surface area (Å²) in [6, 6.07) is 4.64. The summed E-state index contributed by atoms with van der Waals surface area (Å²) >= 11 is 0. The SMILES string of the molecule is COc1ccc(OCC(=O)N2[C@H](C)CCC[C@@H]2C)c([N+](=O)[O-])c1. The zero-order valence-corrected chi connectivity index (χ0v) is 13.7. The maximum Gasteiger partial charge on any atom is 0.314 e. The van der Waals surface area contributed by atoms with Crippen molar-refractivity contribution in [1.82, 2.24) is 4.90 Å². The van der Waals surface area contributed by atoms with Gasteiger partial charge >= 0.3 is 5.69 Å². The number of ether oxygens (including phenoxy) is 2. The van der Waals surface area contributed by atoms with E-state index in [1.807, 2.05) is 18.7 Å². The lowest BCUT2D eigenvalue weighted by molar-refractivity contribution is -0.385. The Labute approximate surface area is 135 Å². The molecule has 7 nitrogen and oxygen atoms in total. The normalized spacial score (nSPS) is 20.9.